The van der Waals surface area contributed by atoms with Crippen molar-refractivity contribution in [1.29, 1.82) is 0 Å². The Bertz CT molecular complexity index is 139. The third kappa shape index (κ3) is 3.58. The second-order valence-electron chi connectivity index (χ2n) is 4.58. The van der Waals surface area contributed by atoms with Crippen LogP contribution in [0.3, 0.4) is 0 Å². The molecule has 0 aliphatic carbocycles. The first-order chi connectivity index (χ1) is 6.77. The van der Waals surface area contributed by atoms with Crippen LogP contribution < -0.4 is 5.32 Å². The number of hydrogen-bond acceptors (Lipinski definition) is 2. The van der Waals surface area contributed by atoms with Gasteiger partial charge >= 0.3 is 0 Å². The van der Waals surface area contributed by atoms with Gasteiger partial charge in [0.2, 0.25) is 0 Å². The van der Waals surface area contributed by atoms with Crippen LogP contribution in [0, 0.1) is 0 Å². The molecule has 0 aromatic heterocycles. The molecule has 1 atom stereocenters. The van der Waals surface area contributed by atoms with Crippen molar-refractivity contribution in [3.63, 3.8) is 0 Å². The molecule has 1 heterocycles. The Kier molecular flexibility index (Phi) is 5.49. The summed E-state index contributed by atoms with van der Waals surface area (Å²) in [4.78, 5) is 2.69. The van der Waals surface area contributed by atoms with Crippen molar-refractivity contribution in [2.45, 2.75) is 58.5 Å². The van der Waals surface area contributed by atoms with Crippen LogP contribution in [0.5, 0.6) is 0 Å². The van der Waals surface area contributed by atoms with E-state index in [1.54, 1.807) is 0 Å². The molecule has 2 nitrogen and oxygen atoms in total. The Labute approximate surface area is 89.1 Å². The molecular weight excluding hydrogens is 172 g/mol. The van der Waals surface area contributed by atoms with E-state index in [2.05, 4.69) is 31.0 Å². The topological polar surface area (TPSA) is 15.3 Å². The average molecular weight is 198 g/mol. The Morgan fingerprint density at radius 2 is 1.93 bits per heavy atom. The van der Waals surface area contributed by atoms with Crippen LogP contribution >= 0.6 is 0 Å². The van der Waals surface area contributed by atoms with Gasteiger partial charge in [0.25, 0.3) is 0 Å². The molecule has 0 amide bonds. The van der Waals surface area contributed by atoms with Crippen LogP contribution in [0.4, 0.5) is 0 Å². The second-order valence-corrected chi connectivity index (χ2v) is 4.58. The molecule has 0 spiro atoms. The van der Waals surface area contributed by atoms with Gasteiger partial charge in [-0.3, -0.25) is 4.90 Å². The fraction of sp³-hybridized carbons (Fsp3) is 1.00. The number of hydrogen-bond donors (Lipinski definition) is 1. The van der Waals surface area contributed by atoms with Crippen LogP contribution in [0.1, 0.15) is 46.5 Å². The molecule has 1 unspecified atom stereocenters. The summed E-state index contributed by atoms with van der Waals surface area (Å²) in [5.74, 6) is 0. The van der Waals surface area contributed by atoms with Gasteiger partial charge in [-0.2, -0.15) is 0 Å². The van der Waals surface area contributed by atoms with Crippen LogP contribution in [-0.4, -0.2) is 36.6 Å². The summed E-state index contributed by atoms with van der Waals surface area (Å²) < 4.78 is 0. The minimum Gasteiger partial charge on any atom is -0.312 e. The summed E-state index contributed by atoms with van der Waals surface area (Å²) in [7, 11) is 0. The zero-order valence-electron chi connectivity index (χ0n) is 10.1. The first kappa shape index (κ1) is 12.0. The average Bonchev–Trinajstić information content (AvgIpc) is 2.17. The zero-order chi connectivity index (χ0) is 10.4. The number of nitrogens with one attached hydrogen (secondary N) is 1. The van der Waals surface area contributed by atoms with Gasteiger partial charge in [-0.15, -0.1) is 0 Å². The van der Waals surface area contributed by atoms with Crippen LogP contribution in [-0.2, 0) is 0 Å². The third-order valence-corrected chi connectivity index (χ3v) is 3.16. The van der Waals surface area contributed by atoms with E-state index in [0.29, 0.717) is 6.04 Å². The monoisotopic (exact) mass is 198 g/mol. The van der Waals surface area contributed by atoms with Crippen LogP contribution in [0.2, 0.25) is 0 Å². The van der Waals surface area contributed by atoms with Gasteiger partial charge < -0.3 is 5.32 Å². The number of piperazine rings is 1. The smallest absolute Gasteiger partial charge is 0.0167 e. The Morgan fingerprint density at radius 1 is 1.29 bits per heavy atom. The summed E-state index contributed by atoms with van der Waals surface area (Å²) >= 11 is 0. The van der Waals surface area contributed by atoms with E-state index in [1.165, 1.54) is 45.3 Å². The predicted octanol–water partition coefficient (Wildman–Crippen LogP) is 2.25. The van der Waals surface area contributed by atoms with Crippen molar-refractivity contribution < 1.29 is 0 Å². The van der Waals surface area contributed by atoms with Gasteiger partial charge in [0.05, 0.1) is 0 Å². The molecule has 0 radical (unpaired) electrons. The van der Waals surface area contributed by atoms with E-state index in [-0.39, 0.29) is 0 Å². The molecule has 2 heteroatoms. The molecule has 1 saturated heterocycles. The highest BCUT2D eigenvalue weighted by Gasteiger charge is 2.21. The van der Waals surface area contributed by atoms with Gasteiger partial charge in [-0.25, -0.2) is 0 Å². The van der Waals surface area contributed by atoms with Crippen molar-refractivity contribution in [3.05, 3.63) is 0 Å². The zero-order valence-corrected chi connectivity index (χ0v) is 10.1. The molecule has 1 N–H and O–H groups in total. The summed E-state index contributed by atoms with van der Waals surface area (Å²) in [5.41, 5.74) is 0. The molecule has 1 fully saturated rings. The number of nitrogens with zero attached hydrogens (tertiary/aromatic N) is 1. The highest BCUT2D eigenvalue weighted by Crippen LogP contribution is 2.15. The van der Waals surface area contributed by atoms with Gasteiger partial charge in [-0.05, 0) is 19.8 Å². The molecule has 0 bridgehead atoms. The van der Waals surface area contributed by atoms with E-state index in [0.717, 1.165) is 6.04 Å². The lowest BCUT2D eigenvalue weighted by Crippen LogP contribution is -2.52. The fourth-order valence-electron chi connectivity index (χ4n) is 2.47. The molecule has 84 valence electrons. The molecule has 0 aromatic rings. The van der Waals surface area contributed by atoms with Crippen molar-refractivity contribution >= 4 is 0 Å². The van der Waals surface area contributed by atoms with Gasteiger partial charge in [0.15, 0.2) is 0 Å². The van der Waals surface area contributed by atoms with Crippen molar-refractivity contribution in [2.75, 3.05) is 19.6 Å². The normalized spacial score (nSPS) is 24.4. The summed E-state index contributed by atoms with van der Waals surface area (Å²) in [6, 6.07) is 1.52. The fourth-order valence-corrected chi connectivity index (χ4v) is 2.47. The minimum absolute atomic E-state index is 0.681. The molecule has 1 aliphatic rings. The molecule has 1 aliphatic heterocycles. The Balaban J connectivity index is 2.39. The highest BCUT2D eigenvalue weighted by atomic mass is 15.2. The lowest BCUT2D eigenvalue weighted by Gasteiger charge is -2.37. The summed E-state index contributed by atoms with van der Waals surface area (Å²) in [6.07, 6.45) is 5.40. The van der Waals surface area contributed by atoms with E-state index in [4.69, 9.17) is 0 Å². The quantitative estimate of drug-likeness (QED) is 0.729. The number of rotatable bonds is 5. The van der Waals surface area contributed by atoms with Gasteiger partial charge in [0, 0.05) is 31.7 Å². The van der Waals surface area contributed by atoms with Gasteiger partial charge in [-0.1, -0.05) is 26.7 Å². The van der Waals surface area contributed by atoms with Crippen molar-refractivity contribution in [1.82, 2.24) is 10.2 Å². The maximum atomic E-state index is 3.51. The first-order valence-corrected chi connectivity index (χ1v) is 6.25. The maximum absolute atomic E-state index is 3.51. The molecule has 1 rings (SSSR count). The molecule has 0 aromatic carbocycles. The van der Waals surface area contributed by atoms with E-state index >= 15 is 0 Å². The summed E-state index contributed by atoms with van der Waals surface area (Å²) in [6.45, 7) is 10.6. The SMILES string of the molecule is CCCC(CCC)N1CCNC(C)C1. The van der Waals surface area contributed by atoms with Crippen molar-refractivity contribution in [2.24, 2.45) is 0 Å². The largest absolute Gasteiger partial charge is 0.312 e. The van der Waals surface area contributed by atoms with Gasteiger partial charge in [0.1, 0.15) is 0 Å². The van der Waals surface area contributed by atoms with Crippen molar-refractivity contribution in [3.8, 4) is 0 Å². The maximum Gasteiger partial charge on any atom is 0.0167 e. The lowest BCUT2D eigenvalue weighted by atomic mass is 10.0. The molecular formula is C12H26N2. The lowest BCUT2D eigenvalue weighted by molar-refractivity contribution is 0.133. The third-order valence-electron chi connectivity index (χ3n) is 3.16. The van der Waals surface area contributed by atoms with E-state index < -0.39 is 0 Å². The first-order valence-electron chi connectivity index (χ1n) is 6.25. The van der Waals surface area contributed by atoms with Crippen LogP contribution in [0.25, 0.3) is 0 Å². The van der Waals surface area contributed by atoms with E-state index in [1.807, 2.05) is 0 Å². The predicted molar refractivity (Wildman–Crippen MR) is 62.6 cm³/mol. The Hall–Kier alpha value is -0.0800. The van der Waals surface area contributed by atoms with E-state index in [9.17, 15) is 0 Å². The van der Waals surface area contributed by atoms with Crippen LogP contribution in [0.15, 0.2) is 0 Å². The molecule has 14 heavy (non-hydrogen) atoms. The second kappa shape index (κ2) is 6.41. The minimum atomic E-state index is 0.681. The molecule has 0 saturated carbocycles. The highest BCUT2D eigenvalue weighted by molar-refractivity contribution is 4.80. The Morgan fingerprint density at radius 3 is 2.43 bits per heavy atom. The summed E-state index contributed by atoms with van der Waals surface area (Å²) in [5, 5.41) is 3.51. The standard InChI is InChI=1S/C12H26N2/c1-4-6-12(7-5-2)14-9-8-13-11(3)10-14/h11-13H,4-10H2,1-3H3.